The number of aryl methyl sites for hydroxylation is 2. The van der Waals surface area contributed by atoms with Crippen LogP contribution >= 0.6 is 11.3 Å². The van der Waals surface area contributed by atoms with E-state index < -0.39 is 6.04 Å². The third-order valence-corrected chi connectivity index (χ3v) is 6.23. The molecule has 27 heavy (non-hydrogen) atoms. The van der Waals surface area contributed by atoms with Crippen molar-refractivity contribution < 1.29 is 14.3 Å². The average Bonchev–Trinajstić information content (AvgIpc) is 3.12. The molecule has 3 rings (SSSR count). The Morgan fingerprint density at radius 3 is 2.81 bits per heavy atom. The van der Waals surface area contributed by atoms with Gasteiger partial charge >= 0.3 is 5.97 Å². The topological polar surface area (TPSA) is 73.2 Å². The standard InChI is InChI=1S/C20H27N3O3S/c1-6-26-20(25)17-15-8-7-11(2)9-16(15)27-19(17)22-18(24)13(4)23-10-12(3)21-14(23)5/h10-11,13H,6-9H2,1-5H3,(H,22,24)/t11-,13-/m0/s1. The summed E-state index contributed by atoms with van der Waals surface area (Å²) >= 11 is 1.51. The van der Waals surface area contributed by atoms with Gasteiger partial charge in [0.2, 0.25) is 5.91 Å². The summed E-state index contributed by atoms with van der Waals surface area (Å²) in [6.07, 6.45) is 4.71. The molecule has 0 radical (unpaired) electrons. The largest absolute Gasteiger partial charge is 0.462 e. The van der Waals surface area contributed by atoms with E-state index in [0.717, 1.165) is 36.3 Å². The quantitative estimate of drug-likeness (QED) is 0.783. The van der Waals surface area contributed by atoms with Crippen LogP contribution in [0.2, 0.25) is 0 Å². The van der Waals surface area contributed by atoms with Gasteiger partial charge in [-0.05, 0) is 58.4 Å². The van der Waals surface area contributed by atoms with Gasteiger partial charge in [0.15, 0.2) is 0 Å². The minimum absolute atomic E-state index is 0.160. The number of aromatic nitrogens is 2. The number of esters is 1. The van der Waals surface area contributed by atoms with Crippen molar-refractivity contribution in [1.29, 1.82) is 0 Å². The smallest absolute Gasteiger partial charge is 0.341 e. The minimum Gasteiger partial charge on any atom is -0.462 e. The van der Waals surface area contributed by atoms with E-state index in [1.807, 2.05) is 31.5 Å². The maximum absolute atomic E-state index is 12.9. The molecule has 2 atom stereocenters. The van der Waals surface area contributed by atoms with Crippen LogP contribution in [0, 0.1) is 19.8 Å². The van der Waals surface area contributed by atoms with E-state index in [1.165, 1.54) is 16.2 Å². The number of fused-ring (bicyclic) bond motifs is 1. The van der Waals surface area contributed by atoms with E-state index >= 15 is 0 Å². The van der Waals surface area contributed by atoms with Gasteiger partial charge in [0.25, 0.3) is 0 Å². The highest BCUT2D eigenvalue weighted by atomic mass is 32.1. The van der Waals surface area contributed by atoms with Gasteiger partial charge in [0, 0.05) is 11.1 Å². The van der Waals surface area contributed by atoms with E-state index in [2.05, 4.69) is 17.2 Å². The number of nitrogens with one attached hydrogen (secondary N) is 1. The lowest BCUT2D eigenvalue weighted by atomic mass is 9.88. The maximum Gasteiger partial charge on any atom is 0.341 e. The fourth-order valence-electron chi connectivity index (χ4n) is 3.63. The zero-order chi connectivity index (χ0) is 19.7. The summed E-state index contributed by atoms with van der Waals surface area (Å²) < 4.78 is 7.12. The zero-order valence-electron chi connectivity index (χ0n) is 16.6. The van der Waals surface area contributed by atoms with Crippen molar-refractivity contribution >= 4 is 28.2 Å². The predicted molar refractivity (Wildman–Crippen MR) is 107 cm³/mol. The molecular formula is C20H27N3O3S. The van der Waals surface area contributed by atoms with E-state index in [9.17, 15) is 9.59 Å². The van der Waals surface area contributed by atoms with E-state index in [4.69, 9.17) is 4.74 Å². The molecule has 2 heterocycles. The molecule has 0 saturated carbocycles. The highest BCUT2D eigenvalue weighted by Gasteiger charge is 2.30. The fraction of sp³-hybridized carbons (Fsp3) is 0.550. The lowest BCUT2D eigenvalue weighted by Crippen LogP contribution is -2.24. The molecule has 0 aliphatic heterocycles. The van der Waals surface area contributed by atoms with Gasteiger partial charge in [0.1, 0.15) is 16.9 Å². The van der Waals surface area contributed by atoms with Crippen LogP contribution in [0.25, 0.3) is 0 Å². The first-order valence-electron chi connectivity index (χ1n) is 9.46. The van der Waals surface area contributed by atoms with Crippen molar-refractivity contribution in [3.05, 3.63) is 33.7 Å². The van der Waals surface area contributed by atoms with Gasteiger partial charge in [-0.15, -0.1) is 11.3 Å². The van der Waals surface area contributed by atoms with Crippen molar-refractivity contribution in [2.24, 2.45) is 5.92 Å². The monoisotopic (exact) mass is 389 g/mol. The van der Waals surface area contributed by atoms with Gasteiger partial charge in [-0.3, -0.25) is 4.79 Å². The number of hydrogen-bond donors (Lipinski definition) is 1. The minimum atomic E-state index is -0.417. The molecule has 1 aliphatic carbocycles. The molecule has 7 heteroatoms. The molecule has 0 saturated heterocycles. The molecule has 1 aliphatic rings. The summed E-state index contributed by atoms with van der Waals surface area (Å²) in [6.45, 7) is 9.95. The second-order valence-electron chi connectivity index (χ2n) is 7.28. The van der Waals surface area contributed by atoms with Crippen LogP contribution in [0.15, 0.2) is 6.20 Å². The van der Waals surface area contributed by atoms with Crippen LogP contribution in [-0.4, -0.2) is 28.0 Å². The molecule has 0 spiro atoms. The summed E-state index contributed by atoms with van der Waals surface area (Å²) in [5, 5.41) is 3.60. The summed E-state index contributed by atoms with van der Waals surface area (Å²) in [5.74, 6) is 0.875. The van der Waals surface area contributed by atoms with Gasteiger partial charge in [-0.2, -0.15) is 0 Å². The third kappa shape index (κ3) is 3.93. The molecule has 146 valence electrons. The first-order chi connectivity index (χ1) is 12.8. The number of thiophene rings is 1. The van der Waals surface area contributed by atoms with E-state index in [0.29, 0.717) is 23.1 Å². The van der Waals surface area contributed by atoms with Crippen LogP contribution in [-0.2, 0) is 22.4 Å². The number of nitrogens with zero attached hydrogens (tertiary/aromatic N) is 2. The number of hydrogen-bond acceptors (Lipinski definition) is 5. The summed E-state index contributed by atoms with van der Waals surface area (Å²) in [7, 11) is 0. The molecule has 2 aromatic rings. The Bertz CT molecular complexity index is 868. The van der Waals surface area contributed by atoms with Crippen LogP contribution in [0.1, 0.15) is 65.6 Å². The number of ether oxygens (including phenoxy) is 1. The number of amides is 1. The Balaban J connectivity index is 1.90. The Labute approximate surface area is 163 Å². The Kier molecular flexibility index (Phi) is 5.69. The van der Waals surface area contributed by atoms with Crippen molar-refractivity contribution in [3.63, 3.8) is 0 Å². The van der Waals surface area contributed by atoms with Crippen molar-refractivity contribution in [2.45, 2.75) is 59.9 Å². The Hall–Kier alpha value is -2.15. The van der Waals surface area contributed by atoms with Crippen LogP contribution in [0.3, 0.4) is 0 Å². The van der Waals surface area contributed by atoms with E-state index in [1.54, 1.807) is 6.92 Å². The van der Waals surface area contributed by atoms with E-state index in [-0.39, 0.29) is 11.9 Å². The van der Waals surface area contributed by atoms with Crippen LogP contribution in [0.5, 0.6) is 0 Å². The van der Waals surface area contributed by atoms with Crippen molar-refractivity contribution in [3.8, 4) is 0 Å². The molecule has 0 aromatic carbocycles. The molecule has 2 aromatic heterocycles. The first kappa shape index (κ1) is 19.6. The lowest BCUT2D eigenvalue weighted by Gasteiger charge is -2.18. The zero-order valence-corrected chi connectivity index (χ0v) is 17.4. The molecule has 1 amide bonds. The number of carbonyl (C=O) groups is 2. The van der Waals surface area contributed by atoms with Gasteiger partial charge in [-0.1, -0.05) is 6.92 Å². The average molecular weight is 390 g/mol. The van der Waals surface area contributed by atoms with Crippen LogP contribution in [0.4, 0.5) is 5.00 Å². The number of imidazole rings is 1. The van der Waals surface area contributed by atoms with Crippen LogP contribution < -0.4 is 5.32 Å². The summed E-state index contributed by atoms with van der Waals surface area (Å²) in [4.78, 5) is 31.0. The third-order valence-electron chi connectivity index (χ3n) is 5.06. The second-order valence-corrected chi connectivity index (χ2v) is 8.38. The molecule has 0 bridgehead atoms. The van der Waals surface area contributed by atoms with Gasteiger partial charge < -0.3 is 14.6 Å². The SMILES string of the molecule is CCOC(=O)c1c(NC(=O)[C@H](C)n2cc(C)nc2C)sc2c1CC[C@H](C)C2. The molecule has 0 fully saturated rings. The van der Waals surface area contributed by atoms with Gasteiger partial charge in [0.05, 0.1) is 17.9 Å². The highest BCUT2D eigenvalue weighted by Crippen LogP contribution is 2.40. The molecular weight excluding hydrogens is 362 g/mol. The lowest BCUT2D eigenvalue weighted by molar-refractivity contribution is -0.118. The highest BCUT2D eigenvalue weighted by molar-refractivity contribution is 7.17. The van der Waals surface area contributed by atoms with Crippen molar-refractivity contribution in [1.82, 2.24) is 9.55 Å². The summed E-state index contributed by atoms with van der Waals surface area (Å²) in [6, 6.07) is -0.417. The normalized spacial score (nSPS) is 17.3. The number of rotatable bonds is 5. The van der Waals surface area contributed by atoms with Crippen molar-refractivity contribution in [2.75, 3.05) is 11.9 Å². The number of anilines is 1. The fourth-order valence-corrected chi connectivity index (χ4v) is 5.03. The second kappa shape index (κ2) is 7.84. The predicted octanol–water partition coefficient (Wildman–Crippen LogP) is 4.06. The maximum atomic E-state index is 12.9. The Morgan fingerprint density at radius 2 is 2.19 bits per heavy atom. The number of carbonyl (C=O) groups excluding carboxylic acids is 2. The Morgan fingerprint density at radius 1 is 1.44 bits per heavy atom. The molecule has 6 nitrogen and oxygen atoms in total. The van der Waals surface area contributed by atoms with Gasteiger partial charge in [-0.25, -0.2) is 9.78 Å². The summed E-state index contributed by atoms with van der Waals surface area (Å²) in [5.41, 5.74) is 2.47. The first-order valence-corrected chi connectivity index (χ1v) is 10.3. The molecule has 1 N–H and O–H groups in total. The molecule has 0 unspecified atom stereocenters.